The van der Waals surface area contributed by atoms with Crippen LogP contribution in [-0.2, 0) is 16.1 Å². The van der Waals surface area contributed by atoms with E-state index < -0.39 is 6.04 Å². The fourth-order valence-electron chi connectivity index (χ4n) is 2.36. The summed E-state index contributed by atoms with van der Waals surface area (Å²) in [4.78, 5) is 26.4. The lowest BCUT2D eigenvalue weighted by molar-refractivity contribution is -0.141. The van der Waals surface area contributed by atoms with Crippen LogP contribution in [-0.4, -0.2) is 28.8 Å². The van der Waals surface area contributed by atoms with Crippen LogP contribution >= 0.6 is 23.2 Å². The SMILES string of the molecule is CCC(=O)N(Cc1c(Cl)cccc1Cl)[C@H](CC)C(=O)NC(C)C. The topological polar surface area (TPSA) is 49.4 Å². The second kappa shape index (κ2) is 9.14. The number of rotatable bonds is 7. The smallest absolute Gasteiger partial charge is 0.243 e. The van der Waals surface area contributed by atoms with Crippen molar-refractivity contribution in [1.29, 1.82) is 0 Å². The van der Waals surface area contributed by atoms with Crippen molar-refractivity contribution in [3.8, 4) is 0 Å². The van der Waals surface area contributed by atoms with Crippen molar-refractivity contribution in [3.05, 3.63) is 33.8 Å². The molecule has 4 nitrogen and oxygen atoms in total. The molecular weight excluding hydrogens is 335 g/mol. The van der Waals surface area contributed by atoms with Crippen molar-refractivity contribution >= 4 is 35.0 Å². The van der Waals surface area contributed by atoms with Gasteiger partial charge in [0.05, 0.1) is 0 Å². The highest BCUT2D eigenvalue weighted by Gasteiger charge is 2.29. The van der Waals surface area contributed by atoms with E-state index in [1.165, 1.54) is 0 Å². The zero-order valence-corrected chi connectivity index (χ0v) is 15.5. The van der Waals surface area contributed by atoms with E-state index in [-0.39, 0.29) is 24.4 Å². The summed E-state index contributed by atoms with van der Waals surface area (Å²) < 4.78 is 0. The Labute approximate surface area is 148 Å². The zero-order chi connectivity index (χ0) is 17.6. The highest BCUT2D eigenvalue weighted by Crippen LogP contribution is 2.27. The molecule has 0 unspecified atom stereocenters. The van der Waals surface area contributed by atoms with Gasteiger partial charge in [0.2, 0.25) is 11.8 Å². The molecule has 0 radical (unpaired) electrons. The number of carbonyl (C=O) groups excluding carboxylic acids is 2. The molecule has 1 aromatic rings. The Balaban J connectivity index is 3.13. The summed E-state index contributed by atoms with van der Waals surface area (Å²) in [6.45, 7) is 7.66. The van der Waals surface area contributed by atoms with E-state index in [1.54, 1.807) is 30.0 Å². The van der Waals surface area contributed by atoms with Crippen LogP contribution in [0, 0.1) is 0 Å². The molecule has 128 valence electrons. The van der Waals surface area contributed by atoms with Gasteiger partial charge in [-0.15, -0.1) is 0 Å². The van der Waals surface area contributed by atoms with Crippen LogP contribution in [0.5, 0.6) is 0 Å². The second-order valence-electron chi connectivity index (χ2n) is 5.66. The number of hydrogen-bond donors (Lipinski definition) is 1. The third-order valence-corrected chi connectivity index (χ3v) is 4.22. The Hall–Kier alpha value is -1.26. The monoisotopic (exact) mass is 358 g/mol. The first kappa shape index (κ1) is 19.8. The van der Waals surface area contributed by atoms with Crippen LogP contribution in [0.3, 0.4) is 0 Å². The molecule has 0 spiro atoms. The predicted molar refractivity (Wildman–Crippen MR) is 94.7 cm³/mol. The van der Waals surface area contributed by atoms with Crippen LogP contribution in [0.2, 0.25) is 10.0 Å². The minimum Gasteiger partial charge on any atom is -0.352 e. The molecule has 0 saturated heterocycles. The van der Waals surface area contributed by atoms with Crippen LogP contribution in [0.15, 0.2) is 18.2 Å². The van der Waals surface area contributed by atoms with Gasteiger partial charge in [0.25, 0.3) is 0 Å². The van der Waals surface area contributed by atoms with Gasteiger partial charge in [0.1, 0.15) is 6.04 Å². The van der Waals surface area contributed by atoms with Crippen LogP contribution in [0.4, 0.5) is 0 Å². The lowest BCUT2D eigenvalue weighted by atomic mass is 10.1. The molecule has 1 N–H and O–H groups in total. The molecule has 0 aromatic heterocycles. The number of halogens is 2. The first-order valence-electron chi connectivity index (χ1n) is 7.84. The van der Waals surface area contributed by atoms with Crippen LogP contribution < -0.4 is 5.32 Å². The van der Waals surface area contributed by atoms with Crippen molar-refractivity contribution in [1.82, 2.24) is 10.2 Å². The Morgan fingerprint density at radius 2 is 1.74 bits per heavy atom. The van der Waals surface area contributed by atoms with Crippen molar-refractivity contribution in [3.63, 3.8) is 0 Å². The predicted octanol–water partition coefficient (Wildman–Crippen LogP) is 4.04. The molecule has 1 aromatic carbocycles. The van der Waals surface area contributed by atoms with Crippen molar-refractivity contribution < 1.29 is 9.59 Å². The number of amides is 2. The van der Waals surface area contributed by atoms with E-state index >= 15 is 0 Å². The highest BCUT2D eigenvalue weighted by atomic mass is 35.5. The van der Waals surface area contributed by atoms with Crippen molar-refractivity contribution in [2.45, 2.75) is 59.2 Å². The largest absolute Gasteiger partial charge is 0.352 e. The first-order chi connectivity index (χ1) is 10.8. The fourth-order valence-corrected chi connectivity index (χ4v) is 2.87. The van der Waals surface area contributed by atoms with E-state index in [2.05, 4.69) is 5.32 Å². The molecular formula is C17H24Cl2N2O2. The summed E-state index contributed by atoms with van der Waals surface area (Å²) in [6, 6.07) is 4.68. The minimum absolute atomic E-state index is 0.0130. The number of carbonyl (C=O) groups is 2. The molecule has 0 heterocycles. The molecule has 1 atom stereocenters. The summed E-state index contributed by atoms with van der Waals surface area (Å²) in [6.07, 6.45) is 0.833. The molecule has 6 heteroatoms. The highest BCUT2D eigenvalue weighted by molar-refractivity contribution is 6.36. The number of benzene rings is 1. The summed E-state index contributed by atoms with van der Waals surface area (Å²) in [7, 11) is 0. The molecule has 0 aliphatic rings. The molecule has 1 rings (SSSR count). The zero-order valence-electron chi connectivity index (χ0n) is 14.0. The van der Waals surface area contributed by atoms with Gasteiger partial charge in [-0.3, -0.25) is 9.59 Å². The lowest BCUT2D eigenvalue weighted by Crippen LogP contribution is -2.50. The standard InChI is InChI=1S/C17H24Cl2N2O2/c1-5-15(17(23)20-11(3)4)21(16(22)6-2)10-12-13(18)8-7-9-14(12)19/h7-9,11,15H,5-6,10H2,1-4H3,(H,20,23)/t15-/m1/s1. The van der Waals surface area contributed by atoms with Crippen molar-refractivity contribution in [2.24, 2.45) is 0 Å². The van der Waals surface area contributed by atoms with Crippen LogP contribution in [0.25, 0.3) is 0 Å². The maximum Gasteiger partial charge on any atom is 0.243 e. The molecule has 0 aliphatic heterocycles. The van der Waals surface area contributed by atoms with Gasteiger partial charge in [-0.05, 0) is 32.4 Å². The third-order valence-electron chi connectivity index (χ3n) is 3.51. The number of hydrogen-bond acceptors (Lipinski definition) is 2. The number of nitrogens with zero attached hydrogens (tertiary/aromatic N) is 1. The van der Waals surface area contributed by atoms with E-state index in [1.807, 2.05) is 20.8 Å². The minimum atomic E-state index is -0.544. The summed E-state index contributed by atoms with van der Waals surface area (Å²) >= 11 is 12.4. The first-order valence-corrected chi connectivity index (χ1v) is 8.60. The Morgan fingerprint density at radius 1 is 1.17 bits per heavy atom. The van der Waals surface area contributed by atoms with Gasteiger partial charge in [0, 0.05) is 34.6 Å². The van der Waals surface area contributed by atoms with E-state index in [0.717, 1.165) is 0 Å². The van der Waals surface area contributed by atoms with E-state index in [0.29, 0.717) is 28.5 Å². The van der Waals surface area contributed by atoms with Gasteiger partial charge < -0.3 is 10.2 Å². The normalized spacial score (nSPS) is 12.1. The van der Waals surface area contributed by atoms with Crippen LogP contribution in [0.1, 0.15) is 46.1 Å². The summed E-state index contributed by atoms with van der Waals surface area (Å²) in [5.74, 6) is -0.265. The van der Waals surface area contributed by atoms with E-state index in [4.69, 9.17) is 23.2 Å². The molecule has 2 amide bonds. The molecule has 0 fully saturated rings. The third kappa shape index (κ3) is 5.40. The second-order valence-corrected chi connectivity index (χ2v) is 6.48. The Kier molecular flexibility index (Phi) is 7.86. The average molecular weight is 359 g/mol. The van der Waals surface area contributed by atoms with Gasteiger partial charge in [-0.25, -0.2) is 0 Å². The summed E-state index contributed by atoms with van der Waals surface area (Å²) in [5, 5.41) is 3.85. The van der Waals surface area contributed by atoms with Gasteiger partial charge >= 0.3 is 0 Å². The molecule has 0 saturated carbocycles. The van der Waals surface area contributed by atoms with E-state index in [9.17, 15) is 9.59 Å². The molecule has 0 bridgehead atoms. The Bertz CT molecular complexity index is 541. The van der Waals surface area contributed by atoms with Crippen molar-refractivity contribution in [2.75, 3.05) is 0 Å². The quantitative estimate of drug-likeness (QED) is 0.799. The molecule has 23 heavy (non-hydrogen) atoms. The van der Waals surface area contributed by atoms with Gasteiger partial charge in [-0.2, -0.15) is 0 Å². The summed E-state index contributed by atoms with van der Waals surface area (Å²) in [5.41, 5.74) is 0.661. The Morgan fingerprint density at radius 3 is 2.17 bits per heavy atom. The van der Waals surface area contributed by atoms with Gasteiger partial charge in [-0.1, -0.05) is 43.1 Å². The average Bonchev–Trinajstić information content (AvgIpc) is 2.48. The molecule has 0 aliphatic carbocycles. The maximum atomic E-state index is 12.4. The number of nitrogens with one attached hydrogen (secondary N) is 1. The van der Waals surface area contributed by atoms with Gasteiger partial charge in [0.15, 0.2) is 0 Å². The maximum absolute atomic E-state index is 12.4. The fraction of sp³-hybridized carbons (Fsp3) is 0.529. The lowest BCUT2D eigenvalue weighted by Gasteiger charge is -2.31.